The molecule has 25 heavy (non-hydrogen) atoms. The maximum Gasteiger partial charge on any atom is 0.251 e. The van der Waals surface area contributed by atoms with E-state index >= 15 is 0 Å². The van der Waals surface area contributed by atoms with Gasteiger partial charge in [0, 0.05) is 18.7 Å². The number of carbonyl (C=O) groups excluding carboxylic acids is 1. The molecule has 2 aromatic carbocycles. The Balaban J connectivity index is 1.43. The molecule has 0 unspecified atom stereocenters. The lowest BCUT2D eigenvalue weighted by molar-refractivity contribution is 0.0857. The summed E-state index contributed by atoms with van der Waals surface area (Å²) in [6, 6.07) is 16.8. The average molecular weight is 341 g/mol. The van der Waals surface area contributed by atoms with Gasteiger partial charge in [0.15, 0.2) is 0 Å². The van der Waals surface area contributed by atoms with Crippen molar-refractivity contribution in [1.29, 1.82) is 0 Å². The lowest BCUT2D eigenvalue weighted by atomic mass is 10.2. The van der Waals surface area contributed by atoms with Gasteiger partial charge in [-0.15, -0.1) is 0 Å². The lowest BCUT2D eigenvalue weighted by Crippen LogP contribution is -2.31. The fourth-order valence-corrected chi connectivity index (χ4v) is 2.68. The molecule has 132 valence electrons. The van der Waals surface area contributed by atoms with Crippen molar-refractivity contribution in [1.82, 2.24) is 5.32 Å². The number of nitrogens with one attached hydrogen (secondary N) is 1. The molecule has 5 nitrogen and oxygen atoms in total. The predicted molar refractivity (Wildman–Crippen MR) is 95.2 cm³/mol. The van der Waals surface area contributed by atoms with Crippen LogP contribution in [0.1, 0.15) is 23.2 Å². The molecular formula is C20H23NO4. The molecule has 1 fully saturated rings. The molecule has 5 heteroatoms. The van der Waals surface area contributed by atoms with Crippen LogP contribution in [0, 0.1) is 0 Å². The van der Waals surface area contributed by atoms with E-state index in [1.165, 1.54) is 0 Å². The Morgan fingerprint density at radius 3 is 2.56 bits per heavy atom. The summed E-state index contributed by atoms with van der Waals surface area (Å²) in [6.45, 7) is 2.19. The van der Waals surface area contributed by atoms with Crippen LogP contribution in [0.25, 0.3) is 0 Å². The minimum absolute atomic E-state index is 0.110. The van der Waals surface area contributed by atoms with Crippen molar-refractivity contribution in [3.05, 3.63) is 60.2 Å². The third-order valence-electron chi connectivity index (χ3n) is 3.97. The minimum atomic E-state index is -0.110. The van der Waals surface area contributed by atoms with Crippen molar-refractivity contribution in [3.63, 3.8) is 0 Å². The summed E-state index contributed by atoms with van der Waals surface area (Å²) in [5.74, 6) is 1.36. The number of benzene rings is 2. The van der Waals surface area contributed by atoms with Crippen molar-refractivity contribution in [2.75, 3.05) is 26.4 Å². The fourth-order valence-electron chi connectivity index (χ4n) is 2.68. The maximum absolute atomic E-state index is 12.2. The second-order valence-electron chi connectivity index (χ2n) is 5.88. The van der Waals surface area contributed by atoms with Gasteiger partial charge in [0.05, 0.1) is 6.10 Å². The largest absolute Gasteiger partial charge is 0.490 e. The second-order valence-corrected chi connectivity index (χ2v) is 5.88. The number of hydrogen-bond donors (Lipinski definition) is 1. The van der Waals surface area contributed by atoms with Crippen LogP contribution in [0.15, 0.2) is 54.6 Å². The molecule has 1 atom stereocenters. The maximum atomic E-state index is 12.2. The van der Waals surface area contributed by atoms with E-state index in [0.29, 0.717) is 31.1 Å². The van der Waals surface area contributed by atoms with E-state index in [-0.39, 0.29) is 12.0 Å². The third-order valence-corrected chi connectivity index (χ3v) is 3.97. The summed E-state index contributed by atoms with van der Waals surface area (Å²) >= 11 is 0. The normalized spacial score (nSPS) is 16.4. The van der Waals surface area contributed by atoms with Crippen LogP contribution >= 0.6 is 0 Å². The highest BCUT2D eigenvalue weighted by molar-refractivity contribution is 5.94. The summed E-state index contributed by atoms with van der Waals surface area (Å²) in [6.07, 6.45) is 2.21. The summed E-state index contributed by atoms with van der Waals surface area (Å²) in [4.78, 5) is 12.2. The number of carbonyl (C=O) groups is 1. The zero-order valence-electron chi connectivity index (χ0n) is 14.1. The molecule has 1 aliphatic heterocycles. The zero-order chi connectivity index (χ0) is 17.3. The van der Waals surface area contributed by atoms with Crippen molar-refractivity contribution in [2.24, 2.45) is 0 Å². The molecule has 1 amide bonds. The molecule has 0 bridgehead atoms. The van der Waals surface area contributed by atoms with Crippen LogP contribution in [0.3, 0.4) is 0 Å². The molecule has 0 spiro atoms. The molecule has 1 aliphatic rings. The second kappa shape index (κ2) is 9.08. The summed E-state index contributed by atoms with van der Waals surface area (Å²) in [7, 11) is 0. The number of amides is 1. The summed E-state index contributed by atoms with van der Waals surface area (Å²) in [5.41, 5.74) is 0.583. The van der Waals surface area contributed by atoms with Crippen LogP contribution in [0.2, 0.25) is 0 Å². The predicted octanol–water partition coefficient (Wildman–Crippen LogP) is 3.05. The third kappa shape index (κ3) is 5.50. The number of hydrogen-bond acceptors (Lipinski definition) is 4. The van der Waals surface area contributed by atoms with Gasteiger partial charge in [-0.05, 0) is 43.2 Å². The van der Waals surface area contributed by atoms with E-state index in [1.54, 1.807) is 12.1 Å². The van der Waals surface area contributed by atoms with Crippen molar-refractivity contribution in [3.8, 4) is 11.5 Å². The van der Waals surface area contributed by atoms with Gasteiger partial charge in [-0.1, -0.05) is 24.3 Å². The Kier molecular flexibility index (Phi) is 6.29. The van der Waals surface area contributed by atoms with Crippen molar-refractivity contribution < 1.29 is 19.0 Å². The van der Waals surface area contributed by atoms with Crippen LogP contribution < -0.4 is 14.8 Å². The molecular weight excluding hydrogens is 318 g/mol. The Bertz CT molecular complexity index is 668. The highest BCUT2D eigenvalue weighted by Gasteiger charge is 2.16. The topological polar surface area (TPSA) is 56.8 Å². The van der Waals surface area contributed by atoms with Gasteiger partial charge in [-0.3, -0.25) is 4.79 Å². The number of para-hydroxylation sites is 1. The molecule has 1 saturated heterocycles. The number of rotatable bonds is 8. The van der Waals surface area contributed by atoms with Gasteiger partial charge in [0.25, 0.3) is 5.91 Å². The highest BCUT2D eigenvalue weighted by Crippen LogP contribution is 2.15. The van der Waals surface area contributed by atoms with E-state index in [2.05, 4.69) is 5.32 Å². The molecule has 2 aromatic rings. The van der Waals surface area contributed by atoms with E-state index in [4.69, 9.17) is 14.2 Å². The van der Waals surface area contributed by atoms with Gasteiger partial charge < -0.3 is 19.5 Å². The SMILES string of the molecule is O=C(NC[C@@H]1CCCO1)c1cccc(OCCOc2ccccc2)c1. The first-order valence-electron chi connectivity index (χ1n) is 8.62. The van der Waals surface area contributed by atoms with Gasteiger partial charge in [-0.2, -0.15) is 0 Å². The van der Waals surface area contributed by atoms with E-state index in [1.807, 2.05) is 42.5 Å². The quantitative estimate of drug-likeness (QED) is 0.750. The number of ether oxygens (including phenoxy) is 3. The Morgan fingerprint density at radius 1 is 1.04 bits per heavy atom. The van der Waals surface area contributed by atoms with Gasteiger partial charge in [0.1, 0.15) is 24.7 Å². The Hall–Kier alpha value is -2.53. The van der Waals surface area contributed by atoms with Crippen LogP contribution in [0.4, 0.5) is 0 Å². The van der Waals surface area contributed by atoms with Gasteiger partial charge in [0.2, 0.25) is 0 Å². The Morgan fingerprint density at radius 2 is 1.80 bits per heavy atom. The average Bonchev–Trinajstić information content (AvgIpc) is 3.18. The lowest BCUT2D eigenvalue weighted by Gasteiger charge is -2.12. The smallest absolute Gasteiger partial charge is 0.251 e. The van der Waals surface area contributed by atoms with Crippen LogP contribution in [-0.2, 0) is 4.74 Å². The standard InChI is InChI=1S/C20H23NO4/c22-20(21-15-19-10-5-11-23-19)16-6-4-9-18(14-16)25-13-12-24-17-7-2-1-3-8-17/h1-4,6-9,14,19H,5,10-13,15H2,(H,21,22)/t19-/m0/s1. The first-order valence-corrected chi connectivity index (χ1v) is 8.62. The first-order chi connectivity index (χ1) is 12.3. The van der Waals surface area contributed by atoms with Crippen LogP contribution in [-0.4, -0.2) is 38.4 Å². The summed E-state index contributed by atoms with van der Waals surface area (Å²) < 4.78 is 16.8. The molecule has 3 rings (SSSR count). The van der Waals surface area contributed by atoms with E-state index < -0.39 is 0 Å². The zero-order valence-corrected chi connectivity index (χ0v) is 14.1. The molecule has 0 saturated carbocycles. The highest BCUT2D eigenvalue weighted by atomic mass is 16.5. The monoisotopic (exact) mass is 341 g/mol. The summed E-state index contributed by atoms with van der Waals surface area (Å²) in [5, 5.41) is 2.91. The van der Waals surface area contributed by atoms with E-state index in [0.717, 1.165) is 25.2 Å². The van der Waals surface area contributed by atoms with Crippen molar-refractivity contribution in [2.45, 2.75) is 18.9 Å². The molecule has 1 heterocycles. The fraction of sp³-hybridized carbons (Fsp3) is 0.350. The molecule has 1 N–H and O–H groups in total. The molecule has 0 aliphatic carbocycles. The van der Waals surface area contributed by atoms with Crippen molar-refractivity contribution >= 4 is 5.91 Å². The molecule has 0 aromatic heterocycles. The van der Waals surface area contributed by atoms with Crippen LogP contribution in [0.5, 0.6) is 11.5 Å². The Labute approximate surface area is 147 Å². The van der Waals surface area contributed by atoms with Gasteiger partial charge >= 0.3 is 0 Å². The van der Waals surface area contributed by atoms with E-state index in [9.17, 15) is 4.79 Å². The minimum Gasteiger partial charge on any atom is -0.490 e. The molecule has 0 radical (unpaired) electrons. The first kappa shape index (κ1) is 17.3. The van der Waals surface area contributed by atoms with Gasteiger partial charge in [-0.25, -0.2) is 0 Å².